The van der Waals surface area contributed by atoms with E-state index in [9.17, 15) is 9.59 Å². The van der Waals surface area contributed by atoms with Crippen LogP contribution in [0.1, 0.15) is 69.2 Å². The molecule has 5 heteroatoms. The number of hydrogen-bond acceptors (Lipinski definition) is 3. The van der Waals surface area contributed by atoms with E-state index in [1.807, 2.05) is 36.4 Å². The molecular weight excluding hydrogens is 374 g/mol. The quantitative estimate of drug-likeness (QED) is 0.796. The maximum atomic E-state index is 13.7. The van der Waals surface area contributed by atoms with Crippen LogP contribution >= 0.6 is 0 Å². The lowest BCUT2D eigenvalue weighted by molar-refractivity contribution is -0.145. The lowest BCUT2D eigenvalue weighted by atomic mass is 9.84. The highest BCUT2D eigenvalue weighted by Crippen LogP contribution is 2.39. The van der Waals surface area contributed by atoms with Crippen LogP contribution < -0.4 is 10.7 Å². The number of nitrogens with one attached hydrogen (secondary N) is 2. The number of benzene rings is 2. The zero-order valence-electron chi connectivity index (χ0n) is 18.6. The second kappa shape index (κ2) is 9.00. The zero-order chi connectivity index (χ0) is 21.9. The van der Waals surface area contributed by atoms with Gasteiger partial charge in [0.2, 0.25) is 5.91 Å². The molecule has 1 aliphatic heterocycles. The van der Waals surface area contributed by atoms with E-state index >= 15 is 0 Å². The van der Waals surface area contributed by atoms with Crippen molar-refractivity contribution < 1.29 is 9.59 Å². The third kappa shape index (κ3) is 5.28. The second-order valence-electron chi connectivity index (χ2n) is 9.27. The van der Waals surface area contributed by atoms with Crippen LogP contribution in [0.3, 0.4) is 0 Å². The Labute approximate surface area is 179 Å². The summed E-state index contributed by atoms with van der Waals surface area (Å²) in [7, 11) is 0. The van der Waals surface area contributed by atoms with Gasteiger partial charge < -0.3 is 5.32 Å². The van der Waals surface area contributed by atoms with E-state index in [-0.39, 0.29) is 29.3 Å². The van der Waals surface area contributed by atoms with Crippen molar-refractivity contribution in [1.29, 1.82) is 0 Å². The van der Waals surface area contributed by atoms with Crippen LogP contribution in [-0.2, 0) is 9.59 Å². The second-order valence-corrected chi connectivity index (χ2v) is 9.27. The maximum Gasteiger partial charge on any atom is 0.258 e. The van der Waals surface area contributed by atoms with Crippen molar-refractivity contribution in [2.45, 2.75) is 71.0 Å². The fraction of sp³-hybridized carbons (Fsp3) is 0.440. The molecule has 0 radical (unpaired) electrons. The first-order valence-corrected chi connectivity index (χ1v) is 10.6. The highest BCUT2D eigenvalue weighted by atomic mass is 16.2. The molecule has 1 fully saturated rings. The van der Waals surface area contributed by atoms with E-state index in [4.69, 9.17) is 0 Å². The summed E-state index contributed by atoms with van der Waals surface area (Å²) in [6.07, 6.45) is 1.42. The van der Waals surface area contributed by atoms with E-state index in [0.717, 1.165) is 12.0 Å². The van der Waals surface area contributed by atoms with Gasteiger partial charge in [0.05, 0.1) is 12.1 Å². The van der Waals surface area contributed by atoms with Crippen molar-refractivity contribution in [2.24, 2.45) is 0 Å². The number of hydrazine groups is 1. The average molecular weight is 408 g/mol. The Morgan fingerprint density at radius 3 is 2.23 bits per heavy atom. The van der Waals surface area contributed by atoms with Crippen molar-refractivity contribution in [3.05, 3.63) is 71.3 Å². The van der Waals surface area contributed by atoms with Gasteiger partial charge in [0.15, 0.2) is 0 Å². The molecule has 2 aromatic carbocycles. The van der Waals surface area contributed by atoms with Gasteiger partial charge in [-0.1, -0.05) is 54.6 Å². The molecule has 0 spiro atoms. The van der Waals surface area contributed by atoms with Crippen LogP contribution in [0.15, 0.2) is 54.6 Å². The number of rotatable bonds is 4. The molecule has 0 aromatic heterocycles. The van der Waals surface area contributed by atoms with Crippen molar-refractivity contribution >= 4 is 11.8 Å². The van der Waals surface area contributed by atoms with E-state index < -0.39 is 6.04 Å². The molecular formula is C25H33N3O2. The first-order valence-electron chi connectivity index (χ1n) is 10.6. The Kier molecular flexibility index (Phi) is 6.61. The van der Waals surface area contributed by atoms with Gasteiger partial charge in [-0.2, -0.15) is 0 Å². The van der Waals surface area contributed by atoms with Gasteiger partial charge in [0, 0.05) is 12.5 Å². The fourth-order valence-corrected chi connectivity index (χ4v) is 4.38. The van der Waals surface area contributed by atoms with Crippen LogP contribution in [0.4, 0.5) is 0 Å². The molecule has 1 saturated heterocycles. The Bertz CT molecular complexity index is 889. The molecule has 5 nitrogen and oxygen atoms in total. The van der Waals surface area contributed by atoms with Gasteiger partial charge in [-0.3, -0.25) is 15.0 Å². The summed E-state index contributed by atoms with van der Waals surface area (Å²) in [6.45, 7) is 9.75. The number of hydrogen-bond donors (Lipinski definition) is 2. The molecule has 0 bridgehead atoms. The Morgan fingerprint density at radius 2 is 1.63 bits per heavy atom. The highest BCUT2D eigenvalue weighted by Gasteiger charge is 2.40. The lowest BCUT2D eigenvalue weighted by Gasteiger charge is -2.34. The third-order valence-electron chi connectivity index (χ3n) is 5.57. The smallest absolute Gasteiger partial charge is 0.258 e. The number of nitrogens with zero attached hydrogens (tertiary/aromatic N) is 1. The summed E-state index contributed by atoms with van der Waals surface area (Å²) in [5.74, 6) is -0.155. The lowest BCUT2D eigenvalue weighted by Crippen LogP contribution is -2.56. The predicted molar refractivity (Wildman–Crippen MR) is 120 cm³/mol. The van der Waals surface area contributed by atoms with Gasteiger partial charge in [-0.15, -0.1) is 0 Å². The van der Waals surface area contributed by atoms with E-state index in [1.54, 1.807) is 5.01 Å². The van der Waals surface area contributed by atoms with E-state index in [0.29, 0.717) is 6.42 Å². The third-order valence-corrected chi connectivity index (χ3v) is 5.57. The van der Waals surface area contributed by atoms with Gasteiger partial charge in [0.1, 0.15) is 0 Å². The van der Waals surface area contributed by atoms with Crippen molar-refractivity contribution in [2.75, 3.05) is 0 Å². The minimum absolute atomic E-state index is 0.0925. The first-order chi connectivity index (χ1) is 14.2. The zero-order valence-corrected chi connectivity index (χ0v) is 18.6. The summed E-state index contributed by atoms with van der Waals surface area (Å²) in [5, 5.41) is 5.05. The van der Waals surface area contributed by atoms with Gasteiger partial charge >= 0.3 is 0 Å². The number of carbonyl (C=O) groups is 2. The van der Waals surface area contributed by atoms with Crippen LogP contribution in [-0.4, -0.2) is 28.4 Å². The molecule has 3 rings (SSSR count). The number of aryl methyl sites for hydroxylation is 1. The molecule has 160 valence electrons. The van der Waals surface area contributed by atoms with Crippen LogP contribution in [0.25, 0.3) is 0 Å². The van der Waals surface area contributed by atoms with Gasteiger partial charge in [-0.05, 0) is 63.1 Å². The van der Waals surface area contributed by atoms with Crippen LogP contribution in [0, 0.1) is 6.92 Å². The molecule has 1 aliphatic rings. The first kappa shape index (κ1) is 22.0. The van der Waals surface area contributed by atoms with Crippen molar-refractivity contribution in [3.8, 4) is 0 Å². The molecule has 1 heterocycles. The summed E-state index contributed by atoms with van der Waals surface area (Å²) in [5.41, 5.74) is 6.11. The summed E-state index contributed by atoms with van der Waals surface area (Å²) < 4.78 is 0. The predicted octanol–water partition coefficient (Wildman–Crippen LogP) is 4.25. The van der Waals surface area contributed by atoms with Gasteiger partial charge in [-0.25, -0.2) is 5.01 Å². The van der Waals surface area contributed by atoms with Crippen molar-refractivity contribution in [3.63, 3.8) is 0 Å². The number of amides is 2. The van der Waals surface area contributed by atoms with Crippen LogP contribution in [0.2, 0.25) is 0 Å². The normalized spacial score (nSPS) is 22.5. The topological polar surface area (TPSA) is 61.4 Å². The Balaban J connectivity index is 2.09. The van der Waals surface area contributed by atoms with Gasteiger partial charge in [0.25, 0.3) is 5.91 Å². The minimum Gasteiger partial charge on any atom is -0.301 e. The SMILES string of the molecule is CC(=O)NN1C(=O)C(NC(C)(C)C)CC(c2ccccc2C)CC1c1ccccc1. The average Bonchev–Trinajstić information content (AvgIpc) is 2.80. The Hall–Kier alpha value is -2.66. The standard InChI is InChI=1S/C25H33N3O2/c1-17-11-9-10-14-21(17)20-15-22(26-25(3,4)5)24(30)28(27-18(2)29)23(16-20)19-12-7-6-8-13-19/h6-14,20,22-23,26H,15-16H2,1-5H3,(H,27,29). The van der Waals surface area contributed by atoms with Crippen molar-refractivity contribution in [1.82, 2.24) is 15.8 Å². The molecule has 3 unspecified atom stereocenters. The molecule has 0 saturated carbocycles. The monoisotopic (exact) mass is 407 g/mol. The van der Waals surface area contributed by atoms with E-state index in [2.05, 4.69) is 56.6 Å². The minimum atomic E-state index is -0.393. The molecule has 2 N–H and O–H groups in total. The highest BCUT2D eigenvalue weighted by molar-refractivity contribution is 5.85. The van der Waals surface area contributed by atoms with Crippen LogP contribution in [0.5, 0.6) is 0 Å². The molecule has 2 aromatic rings. The molecule has 30 heavy (non-hydrogen) atoms. The maximum absolute atomic E-state index is 13.7. The van der Waals surface area contributed by atoms with E-state index in [1.165, 1.54) is 18.1 Å². The summed E-state index contributed by atoms with van der Waals surface area (Å²) in [4.78, 5) is 25.7. The largest absolute Gasteiger partial charge is 0.301 e. The number of carbonyl (C=O) groups excluding carboxylic acids is 2. The fourth-order valence-electron chi connectivity index (χ4n) is 4.38. The molecule has 0 aliphatic carbocycles. The molecule has 3 atom stereocenters. The summed E-state index contributed by atoms with van der Waals surface area (Å²) in [6, 6.07) is 17.7. The summed E-state index contributed by atoms with van der Waals surface area (Å²) >= 11 is 0. The Morgan fingerprint density at radius 1 is 1.00 bits per heavy atom. The molecule has 2 amide bonds.